The van der Waals surface area contributed by atoms with E-state index in [0.717, 1.165) is 10.4 Å². The number of nitrogens with one attached hydrogen (secondary N) is 2. The maximum absolute atomic E-state index is 13.0. The van der Waals surface area contributed by atoms with Gasteiger partial charge in [-0.25, -0.2) is 9.37 Å². The lowest BCUT2D eigenvalue weighted by atomic mass is 10.1. The molecule has 0 aliphatic carbocycles. The SMILES string of the molecule is O=C(Nc1ncc(Cc2ccc(F)cc2)s1)c1ccc(NC(=O)c2ccco2)cc1. The third-order valence-corrected chi connectivity index (χ3v) is 5.13. The number of aromatic nitrogens is 1. The van der Waals surface area contributed by atoms with E-state index >= 15 is 0 Å². The predicted octanol–water partition coefficient (Wildman–Crippen LogP) is 4.97. The van der Waals surface area contributed by atoms with Crippen LogP contribution in [0.15, 0.2) is 77.5 Å². The fraction of sp³-hybridized carbons (Fsp3) is 0.0455. The van der Waals surface area contributed by atoms with E-state index in [-0.39, 0.29) is 23.4 Å². The van der Waals surface area contributed by atoms with Crippen LogP contribution < -0.4 is 10.6 Å². The zero-order valence-corrected chi connectivity index (χ0v) is 16.4. The molecule has 150 valence electrons. The van der Waals surface area contributed by atoms with Crippen molar-refractivity contribution in [3.63, 3.8) is 0 Å². The van der Waals surface area contributed by atoms with E-state index in [4.69, 9.17) is 4.42 Å². The van der Waals surface area contributed by atoms with Gasteiger partial charge in [0.2, 0.25) is 0 Å². The molecule has 0 aliphatic rings. The van der Waals surface area contributed by atoms with Crippen LogP contribution in [0, 0.1) is 5.82 Å². The monoisotopic (exact) mass is 421 g/mol. The van der Waals surface area contributed by atoms with Gasteiger partial charge >= 0.3 is 0 Å². The minimum atomic E-state index is -0.367. The minimum Gasteiger partial charge on any atom is -0.459 e. The van der Waals surface area contributed by atoms with E-state index in [9.17, 15) is 14.0 Å². The standard InChI is InChI=1S/C22H16FN3O3S/c23-16-7-3-14(4-8-16)12-18-13-24-22(30-18)26-20(27)15-5-9-17(10-6-15)25-21(28)19-2-1-11-29-19/h1-11,13H,12H2,(H,25,28)(H,24,26,27). The molecule has 0 radical (unpaired) electrons. The fourth-order valence-corrected chi connectivity index (χ4v) is 3.57. The second-order valence-corrected chi connectivity index (χ2v) is 7.51. The molecule has 2 aromatic heterocycles. The van der Waals surface area contributed by atoms with Crippen LogP contribution in [-0.4, -0.2) is 16.8 Å². The Bertz CT molecular complexity index is 1150. The van der Waals surface area contributed by atoms with Crippen molar-refractivity contribution < 1.29 is 18.4 Å². The van der Waals surface area contributed by atoms with Crippen molar-refractivity contribution in [2.24, 2.45) is 0 Å². The Morgan fingerprint density at radius 2 is 1.73 bits per heavy atom. The lowest BCUT2D eigenvalue weighted by molar-refractivity contribution is 0.0995. The lowest BCUT2D eigenvalue weighted by Crippen LogP contribution is -2.13. The number of carbonyl (C=O) groups is 2. The van der Waals surface area contributed by atoms with Crippen LogP contribution in [0.2, 0.25) is 0 Å². The number of benzene rings is 2. The van der Waals surface area contributed by atoms with Gasteiger partial charge in [0.1, 0.15) is 5.82 Å². The Morgan fingerprint density at radius 3 is 2.43 bits per heavy atom. The highest BCUT2D eigenvalue weighted by molar-refractivity contribution is 7.15. The summed E-state index contributed by atoms with van der Waals surface area (Å²) in [7, 11) is 0. The molecule has 6 nitrogen and oxygen atoms in total. The summed E-state index contributed by atoms with van der Waals surface area (Å²) in [6, 6.07) is 16.0. The van der Waals surface area contributed by atoms with Crippen LogP contribution in [0.1, 0.15) is 31.4 Å². The van der Waals surface area contributed by atoms with E-state index in [0.29, 0.717) is 22.8 Å². The second kappa shape index (κ2) is 8.71. The molecule has 8 heteroatoms. The van der Waals surface area contributed by atoms with E-state index in [1.165, 1.54) is 29.7 Å². The molecule has 0 saturated carbocycles. The van der Waals surface area contributed by atoms with Gasteiger partial charge in [-0.3, -0.25) is 14.9 Å². The van der Waals surface area contributed by atoms with Gasteiger partial charge < -0.3 is 9.73 Å². The summed E-state index contributed by atoms with van der Waals surface area (Å²) in [6.07, 6.45) is 3.72. The van der Waals surface area contributed by atoms with Gasteiger partial charge in [0.25, 0.3) is 11.8 Å². The van der Waals surface area contributed by atoms with Gasteiger partial charge in [0, 0.05) is 28.7 Å². The van der Waals surface area contributed by atoms with Crippen LogP contribution in [0.3, 0.4) is 0 Å². The topological polar surface area (TPSA) is 84.2 Å². The van der Waals surface area contributed by atoms with E-state index in [2.05, 4.69) is 15.6 Å². The Hall–Kier alpha value is -3.78. The summed E-state index contributed by atoms with van der Waals surface area (Å²) in [5, 5.41) is 5.93. The molecule has 2 aromatic carbocycles. The lowest BCUT2D eigenvalue weighted by Gasteiger charge is -2.05. The van der Waals surface area contributed by atoms with Crippen molar-refractivity contribution in [1.29, 1.82) is 0 Å². The number of rotatable bonds is 6. The summed E-state index contributed by atoms with van der Waals surface area (Å²) < 4.78 is 18.0. The zero-order chi connectivity index (χ0) is 20.9. The van der Waals surface area contributed by atoms with Gasteiger partial charge in [-0.15, -0.1) is 11.3 Å². The third-order valence-electron chi connectivity index (χ3n) is 4.22. The average molecular weight is 421 g/mol. The average Bonchev–Trinajstić information content (AvgIpc) is 3.43. The van der Waals surface area contributed by atoms with Crippen molar-refractivity contribution >= 4 is 34.0 Å². The number of amides is 2. The number of halogens is 1. The van der Waals surface area contributed by atoms with Gasteiger partial charge in [0.15, 0.2) is 10.9 Å². The third kappa shape index (κ3) is 4.79. The number of nitrogens with zero attached hydrogens (tertiary/aromatic N) is 1. The summed E-state index contributed by atoms with van der Waals surface area (Å²) in [5.41, 5.74) is 1.94. The first-order chi connectivity index (χ1) is 14.6. The summed E-state index contributed by atoms with van der Waals surface area (Å²) in [4.78, 5) is 29.6. The highest BCUT2D eigenvalue weighted by Gasteiger charge is 2.12. The van der Waals surface area contributed by atoms with Crippen LogP contribution in [0.5, 0.6) is 0 Å². The molecule has 0 spiro atoms. The molecule has 2 N–H and O–H groups in total. The number of thiazole rings is 1. The molecule has 0 fully saturated rings. The molecule has 30 heavy (non-hydrogen) atoms. The largest absolute Gasteiger partial charge is 0.459 e. The Labute approximate surface area is 175 Å². The molecule has 0 bridgehead atoms. The zero-order valence-electron chi connectivity index (χ0n) is 15.6. The molecular weight excluding hydrogens is 405 g/mol. The molecule has 2 amide bonds. The van der Waals surface area contributed by atoms with Crippen LogP contribution in [0.4, 0.5) is 15.2 Å². The fourth-order valence-electron chi connectivity index (χ4n) is 2.73. The molecular formula is C22H16FN3O3S. The Kier molecular flexibility index (Phi) is 5.67. The van der Waals surface area contributed by atoms with Crippen LogP contribution >= 0.6 is 11.3 Å². The van der Waals surface area contributed by atoms with Crippen molar-refractivity contribution in [3.8, 4) is 0 Å². The number of furan rings is 1. The highest BCUT2D eigenvalue weighted by Crippen LogP contribution is 2.22. The summed E-state index contributed by atoms with van der Waals surface area (Å²) in [5.74, 6) is -0.741. The van der Waals surface area contributed by atoms with Gasteiger partial charge in [-0.05, 0) is 54.1 Å². The van der Waals surface area contributed by atoms with Crippen molar-refractivity contribution in [1.82, 2.24) is 4.98 Å². The summed E-state index contributed by atoms with van der Waals surface area (Å²) >= 11 is 1.36. The van der Waals surface area contributed by atoms with Gasteiger partial charge in [-0.1, -0.05) is 12.1 Å². The number of hydrogen-bond acceptors (Lipinski definition) is 5. The van der Waals surface area contributed by atoms with Crippen molar-refractivity contribution in [2.45, 2.75) is 6.42 Å². The van der Waals surface area contributed by atoms with E-state index < -0.39 is 0 Å². The van der Waals surface area contributed by atoms with Crippen molar-refractivity contribution in [2.75, 3.05) is 10.6 Å². The molecule has 0 aliphatic heterocycles. The van der Waals surface area contributed by atoms with E-state index in [1.807, 2.05) is 0 Å². The van der Waals surface area contributed by atoms with Gasteiger partial charge in [-0.2, -0.15) is 0 Å². The normalized spacial score (nSPS) is 10.6. The first kappa shape index (κ1) is 19.5. The minimum absolute atomic E-state index is 0.206. The first-order valence-corrected chi connectivity index (χ1v) is 9.84. The number of anilines is 2. The number of carbonyl (C=O) groups excluding carboxylic acids is 2. The van der Waals surface area contributed by atoms with Crippen molar-refractivity contribution in [3.05, 3.63) is 101 Å². The van der Waals surface area contributed by atoms with Crippen LogP contribution in [0.25, 0.3) is 0 Å². The maximum Gasteiger partial charge on any atom is 0.291 e. The second-order valence-electron chi connectivity index (χ2n) is 6.40. The quantitative estimate of drug-likeness (QED) is 0.460. The first-order valence-electron chi connectivity index (χ1n) is 9.02. The molecule has 0 saturated heterocycles. The van der Waals surface area contributed by atoms with Crippen LogP contribution in [-0.2, 0) is 6.42 Å². The summed E-state index contributed by atoms with van der Waals surface area (Å²) in [6.45, 7) is 0. The smallest absolute Gasteiger partial charge is 0.291 e. The molecule has 4 aromatic rings. The maximum atomic E-state index is 13.0. The molecule has 0 atom stereocenters. The molecule has 0 unspecified atom stereocenters. The molecule has 2 heterocycles. The Balaban J connectivity index is 1.35. The van der Waals surface area contributed by atoms with E-state index in [1.54, 1.807) is 54.7 Å². The number of hydrogen-bond donors (Lipinski definition) is 2. The Morgan fingerprint density at radius 1 is 0.967 bits per heavy atom. The molecule has 4 rings (SSSR count). The highest BCUT2D eigenvalue weighted by atomic mass is 32.1. The van der Waals surface area contributed by atoms with Gasteiger partial charge in [0.05, 0.1) is 6.26 Å². The predicted molar refractivity (Wildman–Crippen MR) is 112 cm³/mol.